The molecule has 0 saturated carbocycles. The number of benzene rings is 2. The van der Waals surface area contributed by atoms with Crippen molar-refractivity contribution in [3.8, 4) is 5.75 Å². The summed E-state index contributed by atoms with van der Waals surface area (Å²) in [4.78, 5) is 28.1. The highest BCUT2D eigenvalue weighted by Gasteiger charge is 2.46. The average molecular weight is 526 g/mol. The Morgan fingerprint density at radius 3 is 2.70 bits per heavy atom. The number of aliphatic hydroxyl groups is 1. The fourth-order valence-electron chi connectivity index (χ4n) is 3.85. The Kier molecular flexibility index (Phi) is 5.26. The van der Waals surface area contributed by atoms with Gasteiger partial charge < -0.3 is 14.3 Å². The third kappa shape index (κ3) is 3.51. The van der Waals surface area contributed by atoms with Crippen LogP contribution in [0.4, 0.5) is 5.13 Å². The summed E-state index contributed by atoms with van der Waals surface area (Å²) in [7, 11) is 1.51. The van der Waals surface area contributed by atoms with Gasteiger partial charge in [-0.2, -0.15) is 0 Å². The number of fused-ring (bicyclic) bond motifs is 1. The fourth-order valence-corrected chi connectivity index (χ4v) is 4.98. The summed E-state index contributed by atoms with van der Waals surface area (Å²) in [5.41, 5.74) is 0.930. The lowest BCUT2D eigenvalue weighted by Crippen LogP contribution is -2.31. The lowest BCUT2D eigenvalue weighted by Gasteiger charge is -2.24. The molecule has 0 fully saturated rings. The topological polar surface area (TPSA) is 106 Å². The van der Waals surface area contributed by atoms with Crippen LogP contribution in [0, 0.1) is 6.92 Å². The number of halogens is 1. The van der Waals surface area contributed by atoms with Crippen molar-refractivity contribution < 1.29 is 23.8 Å². The normalized spacial score (nSPS) is 16.2. The SMILES string of the molecule is COc1cccc2cc(C(=O)C3=C(O)C(=O)N(c4nnc(C)s4)C3c3cccc(Br)c3)oc12. The van der Waals surface area contributed by atoms with Gasteiger partial charge in [0.25, 0.3) is 5.91 Å². The van der Waals surface area contributed by atoms with Crippen LogP contribution in [0.15, 0.2) is 68.8 Å². The van der Waals surface area contributed by atoms with E-state index < -0.39 is 23.5 Å². The van der Waals surface area contributed by atoms with E-state index in [2.05, 4.69) is 26.1 Å². The molecule has 3 heterocycles. The highest BCUT2D eigenvalue weighted by atomic mass is 79.9. The smallest absolute Gasteiger partial charge is 0.296 e. The van der Waals surface area contributed by atoms with Gasteiger partial charge in [-0.25, -0.2) is 0 Å². The molecule has 1 aliphatic heterocycles. The molecule has 1 N–H and O–H groups in total. The van der Waals surface area contributed by atoms with Crippen molar-refractivity contribution in [3.63, 3.8) is 0 Å². The van der Waals surface area contributed by atoms with E-state index >= 15 is 0 Å². The monoisotopic (exact) mass is 525 g/mol. The Morgan fingerprint density at radius 2 is 2.00 bits per heavy atom. The van der Waals surface area contributed by atoms with Crippen molar-refractivity contribution >= 4 is 55.1 Å². The maximum absolute atomic E-state index is 13.6. The predicted molar refractivity (Wildman–Crippen MR) is 126 cm³/mol. The summed E-state index contributed by atoms with van der Waals surface area (Å²) < 4.78 is 11.9. The van der Waals surface area contributed by atoms with Crippen molar-refractivity contribution in [2.75, 3.05) is 12.0 Å². The van der Waals surface area contributed by atoms with Crippen LogP contribution in [0.3, 0.4) is 0 Å². The van der Waals surface area contributed by atoms with Gasteiger partial charge in [0, 0.05) is 9.86 Å². The molecule has 5 rings (SSSR count). The van der Waals surface area contributed by atoms with Gasteiger partial charge in [-0.05, 0) is 36.8 Å². The molecule has 1 atom stereocenters. The Labute approximate surface area is 200 Å². The molecular weight excluding hydrogens is 510 g/mol. The number of anilines is 1. The maximum Gasteiger partial charge on any atom is 0.296 e. The minimum absolute atomic E-state index is 0.0147. The van der Waals surface area contributed by atoms with Gasteiger partial charge in [-0.1, -0.05) is 51.5 Å². The summed E-state index contributed by atoms with van der Waals surface area (Å²) in [5, 5.41) is 20.5. The van der Waals surface area contributed by atoms with Crippen LogP contribution < -0.4 is 9.64 Å². The second-order valence-electron chi connectivity index (χ2n) is 7.32. The molecule has 33 heavy (non-hydrogen) atoms. The Hall–Kier alpha value is -3.50. The van der Waals surface area contributed by atoms with Gasteiger partial charge in [0.1, 0.15) is 5.01 Å². The minimum atomic E-state index is -0.912. The number of amides is 1. The quantitative estimate of drug-likeness (QED) is 0.359. The third-order valence-electron chi connectivity index (χ3n) is 5.29. The average Bonchev–Trinajstić information content (AvgIpc) is 3.49. The van der Waals surface area contributed by atoms with Crippen molar-refractivity contribution in [2.24, 2.45) is 0 Å². The van der Waals surface area contributed by atoms with Crippen LogP contribution in [0.1, 0.15) is 27.2 Å². The zero-order chi connectivity index (χ0) is 23.3. The third-order valence-corrected chi connectivity index (χ3v) is 6.62. The first-order valence-corrected chi connectivity index (χ1v) is 11.4. The van der Waals surface area contributed by atoms with Gasteiger partial charge >= 0.3 is 0 Å². The van der Waals surface area contributed by atoms with Crippen molar-refractivity contribution in [1.82, 2.24) is 10.2 Å². The number of carbonyl (C=O) groups excluding carboxylic acids is 2. The standard InChI is InChI=1S/C23H16BrN3O5S/c1-11-25-26-23(33-11)27-18(12-5-3-7-14(24)9-12)17(20(29)22(27)30)19(28)16-10-13-6-4-8-15(31-2)21(13)32-16/h3-10,18,29H,1-2H3. The Morgan fingerprint density at radius 1 is 1.21 bits per heavy atom. The molecule has 1 aliphatic rings. The zero-order valence-corrected chi connectivity index (χ0v) is 19.8. The summed E-state index contributed by atoms with van der Waals surface area (Å²) >= 11 is 4.63. The number of Topliss-reactive ketones (excluding diaryl/α,β-unsaturated/α-hetero) is 1. The minimum Gasteiger partial charge on any atom is -0.503 e. The van der Waals surface area contributed by atoms with Gasteiger partial charge in [-0.15, -0.1) is 10.2 Å². The summed E-state index contributed by atoms with van der Waals surface area (Å²) in [6.45, 7) is 1.76. The van der Waals surface area contributed by atoms with Crippen molar-refractivity contribution in [2.45, 2.75) is 13.0 Å². The number of hydrogen-bond donors (Lipinski definition) is 1. The van der Waals surface area contributed by atoms with Gasteiger partial charge in [0.2, 0.25) is 10.9 Å². The van der Waals surface area contributed by atoms with Gasteiger partial charge in [0.15, 0.2) is 22.9 Å². The second kappa shape index (κ2) is 8.13. The van der Waals surface area contributed by atoms with Crippen LogP contribution in [-0.4, -0.2) is 34.1 Å². The number of aliphatic hydroxyl groups excluding tert-OH is 1. The highest BCUT2D eigenvalue weighted by Crippen LogP contribution is 2.43. The van der Waals surface area contributed by atoms with Crippen LogP contribution >= 0.6 is 27.3 Å². The first-order chi connectivity index (χ1) is 15.9. The molecule has 8 nitrogen and oxygen atoms in total. The molecule has 1 amide bonds. The van der Waals surface area contributed by atoms with E-state index in [0.717, 1.165) is 4.47 Å². The number of methoxy groups -OCH3 is 1. The molecule has 0 aliphatic carbocycles. The molecule has 1 unspecified atom stereocenters. The molecular formula is C23H16BrN3O5S. The number of carbonyl (C=O) groups is 2. The lowest BCUT2D eigenvalue weighted by molar-refractivity contribution is -0.117. The van der Waals surface area contributed by atoms with Crippen molar-refractivity contribution in [3.05, 3.63) is 80.7 Å². The molecule has 0 saturated heterocycles. The van der Waals surface area contributed by atoms with Crippen LogP contribution in [0.25, 0.3) is 11.0 Å². The number of ketones is 1. The number of hydrogen-bond acceptors (Lipinski definition) is 8. The molecule has 4 aromatic rings. The van der Waals surface area contributed by atoms with Crippen LogP contribution in [0.5, 0.6) is 5.75 Å². The van der Waals surface area contributed by atoms with E-state index in [0.29, 0.717) is 27.3 Å². The van der Waals surface area contributed by atoms with Crippen LogP contribution in [0.2, 0.25) is 0 Å². The largest absolute Gasteiger partial charge is 0.503 e. The van der Waals surface area contributed by atoms with E-state index in [1.54, 1.807) is 49.4 Å². The first-order valence-electron chi connectivity index (χ1n) is 9.82. The van der Waals surface area contributed by atoms with E-state index in [1.807, 2.05) is 6.07 Å². The Balaban J connectivity index is 1.67. The zero-order valence-electron chi connectivity index (χ0n) is 17.4. The molecule has 0 spiro atoms. The van der Waals surface area contributed by atoms with E-state index in [9.17, 15) is 14.7 Å². The number of rotatable bonds is 5. The van der Waals surface area contributed by atoms with Gasteiger partial charge in [-0.3, -0.25) is 14.5 Å². The highest BCUT2D eigenvalue weighted by molar-refractivity contribution is 9.10. The molecule has 166 valence electrons. The number of furan rings is 1. The lowest BCUT2D eigenvalue weighted by atomic mass is 9.95. The summed E-state index contributed by atoms with van der Waals surface area (Å²) in [6.07, 6.45) is 0. The maximum atomic E-state index is 13.6. The number of aryl methyl sites for hydroxylation is 1. The molecule has 2 aromatic heterocycles. The van der Waals surface area contributed by atoms with Crippen LogP contribution in [-0.2, 0) is 4.79 Å². The molecule has 0 bridgehead atoms. The molecule has 10 heteroatoms. The van der Waals surface area contributed by atoms with Gasteiger partial charge in [0.05, 0.1) is 18.7 Å². The van der Waals surface area contributed by atoms with Crippen molar-refractivity contribution in [1.29, 1.82) is 0 Å². The van der Waals surface area contributed by atoms with E-state index in [-0.39, 0.29) is 16.5 Å². The van der Waals surface area contributed by atoms with E-state index in [1.165, 1.54) is 23.3 Å². The summed E-state index contributed by atoms with van der Waals surface area (Å²) in [5.74, 6) is -1.52. The number of nitrogens with zero attached hydrogens (tertiary/aromatic N) is 3. The first kappa shape index (κ1) is 21.4. The summed E-state index contributed by atoms with van der Waals surface area (Å²) in [6, 6.07) is 13.1. The second-order valence-corrected chi connectivity index (χ2v) is 9.39. The number of ether oxygens (including phenoxy) is 1. The Bertz CT molecular complexity index is 1460. The number of para-hydroxylation sites is 1. The number of aromatic nitrogens is 2. The van der Waals surface area contributed by atoms with E-state index in [4.69, 9.17) is 9.15 Å². The fraction of sp³-hybridized carbons (Fsp3) is 0.130. The predicted octanol–water partition coefficient (Wildman–Crippen LogP) is 5.15. The molecule has 2 aromatic carbocycles. The molecule has 0 radical (unpaired) electrons.